The Balaban J connectivity index is 2.58. The van der Waals surface area contributed by atoms with E-state index in [1.54, 1.807) is 18.2 Å². The molecule has 6 heteroatoms. The Morgan fingerprint density at radius 1 is 1.48 bits per heavy atom. The summed E-state index contributed by atoms with van der Waals surface area (Å²) < 4.78 is 4.77. The van der Waals surface area contributed by atoms with Crippen LogP contribution in [0.2, 0.25) is 0 Å². The predicted molar refractivity (Wildman–Crippen MR) is 88.1 cm³/mol. The second-order valence-electron chi connectivity index (χ2n) is 4.83. The fourth-order valence-corrected chi connectivity index (χ4v) is 3.27. The molecule has 0 radical (unpaired) electrons. The van der Waals surface area contributed by atoms with Crippen LogP contribution in [0, 0.1) is 17.2 Å². The number of nitrogens with one attached hydrogen (secondary N) is 1. The fraction of sp³-hybridized carbons (Fsp3) is 0.235. The first-order chi connectivity index (χ1) is 11.1. The van der Waals surface area contributed by atoms with Gasteiger partial charge in [-0.15, -0.1) is 18.3 Å². The van der Waals surface area contributed by atoms with E-state index in [2.05, 4.69) is 18.0 Å². The van der Waals surface area contributed by atoms with Gasteiger partial charge < -0.3 is 10.1 Å². The standard InChI is InChI=1S/C17H16N2O3S/c1-3-9-23-16-12(10-18)13(11-7-5-4-6-8-11)14(15(20)19-16)17(21)22-2/h3-8,13-14H,1,9H2,2H3,(H,19,20)/t13-,14+/m0/s1. The summed E-state index contributed by atoms with van der Waals surface area (Å²) >= 11 is 1.31. The molecule has 0 unspecified atom stereocenters. The van der Waals surface area contributed by atoms with Crippen LogP contribution in [-0.2, 0) is 14.3 Å². The van der Waals surface area contributed by atoms with Crippen molar-refractivity contribution in [2.24, 2.45) is 5.92 Å². The number of methoxy groups -OCH3 is 1. The Morgan fingerprint density at radius 3 is 2.74 bits per heavy atom. The molecular weight excluding hydrogens is 312 g/mol. The summed E-state index contributed by atoms with van der Waals surface area (Å²) in [7, 11) is 1.23. The van der Waals surface area contributed by atoms with Crippen LogP contribution in [0.25, 0.3) is 0 Å². The van der Waals surface area contributed by atoms with Crippen LogP contribution in [0.5, 0.6) is 0 Å². The van der Waals surface area contributed by atoms with Crippen molar-refractivity contribution in [1.29, 1.82) is 5.26 Å². The van der Waals surface area contributed by atoms with E-state index in [0.29, 0.717) is 16.4 Å². The van der Waals surface area contributed by atoms with Gasteiger partial charge in [-0.3, -0.25) is 9.59 Å². The van der Waals surface area contributed by atoms with Gasteiger partial charge in [0.1, 0.15) is 5.92 Å². The second kappa shape index (κ2) is 7.65. The van der Waals surface area contributed by atoms with Gasteiger partial charge in [-0.25, -0.2) is 0 Å². The molecular formula is C17H16N2O3S. The largest absolute Gasteiger partial charge is 0.468 e. The quantitative estimate of drug-likeness (QED) is 0.510. The lowest BCUT2D eigenvalue weighted by Gasteiger charge is -2.30. The van der Waals surface area contributed by atoms with Crippen LogP contribution in [0.1, 0.15) is 11.5 Å². The van der Waals surface area contributed by atoms with Crippen molar-refractivity contribution < 1.29 is 14.3 Å². The molecule has 1 heterocycles. The molecule has 0 spiro atoms. The molecule has 0 fully saturated rings. The zero-order valence-corrected chi connectivity index (χ0v) is 13.4. The SMILES string of the molecule is C=CCSC1=C(C#N)[C@H](c2ccccc2)[C@@H](C(=O)OC)C(=O)N1. The first-order valence-electron chi connectivity index (χ1n) is 6.95. The average molecular weight is 328 g/mol. The summed E-state index contributed by atoms with van der Waals surface area (Å²) in [5, 5.41) is 12.7. The summed E-state index contributed by atoms with van der Waals surface area (Å²) in [6, 6.07) is 11.2. The van der Waals surface area contributed by atoms with Gasteiger partial charge >= 0.3 is 5.97 Å². The number of rotatable bonds is 5. The fourth-order valence-electron chi connectivity index (χ4n) is 2.48. The van der Waals surface area contributed by atoms with Gasteiger partial charge in [0.05, 0.1) is 23.8 Å². The number of benzene rings is 1. The maximum absolute atomic E-state index is 12.4. The summed E-state index contributed by atoms with van der Waals surface area (Å²) in [4.78, 5) is 24.5. The van der Waals surface area contributed by atoms with Gasteiger partial charge in [-0.1, -0.05) is 36.4 Å². The highest BCUT2D eigenvalue weighted by atomic mass is 32.2. The van der Waals surface area contributed by atoms with Gasteiger partial charge in [0.25, 0.3) is 0 Å². The minimum absolute atomic E-state index is 0.359. The van der Waals surface area contributed by atoms with Crippen molar-refractivity contribution in [3.63, 3.8) is 0 Å². The number of allylic oxidation sites excluding steroid dienone is 1. The van der Waals surface area contributed by atoms with Crippen LogP contribution >= 0.6 is 11.8 Å². The van der Waals surface area contributed by atoms with E-state index in [1.807, 2.05) is 18.2 Å². The number of amides is 1. The van der Waals surface area contributed by atoms with Gasteiger partial charge in [-0.2, -0.15) is 5.26 Å². The highest BCUT2D eigenvalue weighted by Gasteiger charge is 2.44. The molecule has 118 valence electrons. The molecule has 2 atom stereocenters. The van der Waals surface area contributed by atoms with Crippen LogP contribution in [0.4, 0.5) is 0 Å². The van der Waals surface area contributed by atoms with Gasteiger partial charge in [0.15, 0.2) is 0 Å². The topological polar surface area (TPSA) is 79.2 Å². The van der Waals surface area contributed by atoms with Gasteiger partial charge in [0.2, 0.25) is 5.91 Å². The first-order valence-corrected chi connectivity index (χ1v) is 7.94. The summed E-state index contributed by atoms with van der Waals surface area (Å²) in [6.45, 7) is 3.64. The highest BCUT2D eigenvalue weighted by Crippen LogP contribution is 2.39. The van der Waals surface area contributed by atoms with E-state index in [9.17, 15) is 14.9 Å². The Kier molecular flexibility index (Phi) is 5.61. The molecule has 1 N–H and O–H groups in total. The highest BCUT2D eigenvalue weighted by molar-refractivity contribution is 8.03. The van der Waals surface area contributed by atoms with Crippen molar-refractivity contribution >= 4 is 23.6 Å². The average Bonchev–Trinajstić information content (AvgIpc) is 2.59. The third-order valence-electron chi connectivity index (χ3n) is 3.49. The number of nitriles is 1. The van der Waals surface area contributed by atoms with Gasteiger partial charge in [0, 0.05) is 11.7 Å². The van der Waals surface area contributed by atoms with Crippen molar-refractivity contribution in [3.8, 4) is 6.07 Å². The lowest BCUT2D eigenvalue weighted by Crippen LogP contribution is -2.44. The van der Waals surface area contributed by atoms with Crippen molar-refractivity contribution in [2.75, 3.05) is 12.9 Å². The maximum Gasteiger partial charge on any atom is 0.319 e. The number of carbonyl (C=O) groups excluding carboxylic acids is 2. The first kappa shape index (κ1) is 16.8. The lowest BCUT2D eigenvalue weighted by atomic mass is 9.78. The lowest BCUT2D eigenvalue weighted by molar-refractivity contribution is -0.150. The van der Waals surface area contributed by atoms with E-state index in [0.717, 1.165) is 5.56 Å². The van der Waals surface area contributed by atoms with Crippen molar-refractivity contribution in [3.05, 3.63) is 59.2 Å². The normalized spacial score (nSPS) is 20.4. The van der Waals surface area contributed by atoms with E-state index in [4.69, 9.17) is 4.74 Å². The molecule has 0 saturated carbocycles. The van der Waals surface area contributed by atoms with Crippen LogP contribution in [0.15, 0.2) is 53.6 Å². The van der Waals surface area contributed by atoms with Crippen molar-refractivity contribution in [2.45, 2.75) is 5.92 Å². The molecule has 1 aliphatic rings. The Morgan fingerprint density at radius 2 is 2.17 bits per heavy atom. The molecule has 0 saturated heterocycles. The molecule has 1 aromatic rings. The minimum atomic E-state index is -1.08. The smallest absolute Gasteiger partial charge is 0.319 e. The van der Waals surface area contributed by atoms with Crippen LogP contribution in [0.3, 0.4) is 0 Å². The molecule has 0 aliphatic carbocycles. The van der Waals surface area contributed by atoms with Crippen LogP contribution in [-0.4, -0.2) is 24.7 Å². The number of hydrogen-bond acceptors (Lipinski definition) is 5. The third kappa shape index (κ3) is 3.46. The Labute approximate surface area is 139 Å². The zero-order valence-electron chi connectivity index (χ0n) is 12.6. The minimum Gasteiger partial charge on any atom is -0.468 e. The summed E-state index contributed by atoms with van der Waals surface area (Å²) in [6.07, 6.45) is 1.68. The number of hydrogen-bond donors (Lipinski definition) is 1. The van der Waals surface area contributed by atoms with E-state index >= 15 is 0 Å². The van der Waals surface area contributed by atoms with Crippen LogP contribution < -0.4 is 5.32 Å². The maximum atomic E-state index is 12.4. The molecule has 1 aromatic carbocycles. The molecule has 23 heavy (non-hydrogen) atoms. The molecule has 0 aromatic heterocycles. The molecule has 1 aliphatic heterocycles. The number of thioether (sulfide) groups is 1. The Bertz CT molecular complexity index is 692. The summed E-state index contributed by atoms with van der Waals surface area (Å²) in [5.74, 6) is -2.31. The molecule has 5 nitrogen and oxygen atoms in total. The summed E-state index contributed by atoms with van der Waals surface area (Å²) in [5.41, 5.74) is 1.09. The Hall–Kier alpha value is -2.52. The number of carbonyl (C=O) groups is 2. The zero-order chi connectivity index (χ0) is 16.8. The van der Waals surface area contributed by atoms with E-state index < -0.39 is 23.7 Å². The second-order valence-corrected chi connectivity index (χ2v) is 5.86. The van der Waals surface area contributed by atoms with E-state index in [1.165, 1.54) is 18.9 Å². The number of ether oxygens (including phenoxy) is 1. The third-order valence-corrected chi connectivity index (χ3v) is 4.50. The van der Waals surface area contributed by atoms with Gasteiger partial charge in [-0.05, 0) is 5.56 Å². The monoisotopic (exact) mass is 328 g/mol. The molecule has 2 rings (SSSR count). The molecule has 1 amide bonds. The number of nitrogens with zero attached hydrogens (tertiary/aromatic N) is 1. The van der Waals surface area contributed by atoms with E-state index in [-0.39, 0.29) is 0 Å². The van der Waals surface area contributed by atoms with Crippen molar-refractivity contribution in [1.82, 2.24) is 5.32 Å². The predicted octanol–water partition coefficient (Wildman–Crippen LogP) is 2.34. The molecule has 0 bridgehead atoms. The number of esters is 1.